The van der Waals surface area contributed by atoms with E-state index < -0.39 is 11.9 Å². The first kappa shape index (κ1) is 20.0. The third-order valence-corrected chi connectivity index (χ3v) is 5.02. The molecule has 0 bridgehead atoms. The van der Waals surface area contributed by atoms with Gasteiger partial charge in [0.25, 0.3) is 5.91 Å². The average molecular weight is 413 g/mol. The van der Waals surface area contributed by atoms with Crippen molar-refractivity contribution in [3.8, 4) is 11.1 Å². The summed E-state index contributed by atoms with van der Waals surface area (Å²) in [5, 5.41) is 13.0. The summed E-state index contributed by atoms with van der Waals surface area (Å²) in [6, 6.07) is 15.5. The first-order chi connectivity index (χ1) is 14.8. The van der Waals surface area contributed by atoms with Gasteiger partial charge >= 0.3 is 5.97 Å². The average Bonchev–Trinajstić information content (AvgIpc) is 3.14. The van der Waals surface area contributed by atoms with Crippen molar-refractivity contribution in [1.82, 2.24) is 9.55 Å². The molecule has 4 aromatic rings. The maximum Gasteiger partial charge on any atom is 0.337 e. The summed E-state index contributed by atoms with van der Waals surface area (Å²) in [6.07, 6.45) is 3.13. The molecule has 2 N–H and O–H groups in total. The van der Waals surface area contributed by atoms with Crippen LogP contribution in [0.5, 0.6) is 0 Å². The van der Waals surface area contributed by atoms with E-state index in [1.54, 1.807) is 48.7 Å². The number of carboxylic acids is 1. The number of benzene rings is 2. The minimum Gasteiger partial charge on any atom is -0.478 e. The number of aromatic nitrogens is 2. The molecular formula is C24H19N3O4. The van der Waals surface area contributed by atoms with Crippen LogP contribution in [-0.4, -0.2) is 32.4 Å². The van der Waals surface area contributed by atoms with Crippen LogP contribution in [0.2, 0.25) is 0 Å². The molecule has 4 rings (SSSR count). The number of nitrogens with one attached hydrogen (secondary N) is 1. The molecule has 0 aliphatic rings. The number of hydrogen-bond acceptors (Lipinski definition) is 4. The van der Waals surface area contributed by atoms with E-state index in [1.807, 2.05) is 13.0 Å². The lowest BCUT2D eigenvalue weighted by Crippen LogP contribution is -2.15. The number of pyridine rings is 1. The minimum absolute atomic E-state index is 0.0318. The van der Waals surface area contributed by atoms with Gasteiger partial charge in [-0.1, -0.05) is 24.3 Å². The molecule has 2 aromatic heterocycles. The molecule has 0 radical (unpaired) electrons. The Hall–Kier alpha value is -4.26. The molecule has 0 aliphatic carbocycles. The number of carbonyl (C=O) groups excluding carboxylic acids is 2. The lowest BCUT2D eigenvalue weighted by atomic mass is 10.0. The van der Waals surface area contributed by atoms with E-state index in [1.165, 1.54) is 23.8 Å². The Bertz CT molecular complexity index is 1350. The van der Waals surface area contributed by atoms with Crippen molar-refractivity contribution in [3.05, 3.63) is 83.8 Å². The highest BCUT2D eigenvalue weighted by Gasteiger charge is 2.19. The number of fused-ring (bicyclic) bond motifs is 1. The van der Waals surface area contributed by atoms with E-state index in [4.69, 9.17) is 0 Å². The van der Waals surface area contributed by atoms with E-state index in [0.29, 0.717) is 16.5 Å². The van der Waals surface area contributed by atoms with E-state index in [2.05, 4.69) is 10.3 Å². The Morgan fingerprint density at radius 3 is 2.42 bits per heavy atom. The zero-order chi connectivity index (χ0) is 22.1. The molecule has 7 nitrogen and oxygen atoms in total. The molecule has 0 saturated carbocycles. The molecule has 0 spiro atoms. The molecule has 2 heterocycles. The number of anilines is 1. The van der Waals surface area contributed by atoms with Crippen LogP contribution in [0, 0.1) is 6.92 Å². The summed E-state index contributed by atoms with van der Waals surface area (Å²) >= 11 is 0. The van der Waals surface area contributed by atoms with Crippen molar-refractivity contribution in [2.45, 2.75) is 13.8 Å². The van der Waals surface area contributed by atoms with E-state index >= 15 is 0 Å². The van der Waals surface area contributed by atoms with Gasteiger partial charge in [-0.05, 0) is 48.4 Å². The number of amides is 1. The smallest absolute Gasteiger partial charge is 0.337 e. The third kappa shape index (κ3) is 3.81. The lowest BCUT2D eigenvalue weighted by Gasteiger charge is -2.11. The van der Waals surface area contributed by atoms with Gasteiger partial charge in [0.1, 0.15) is 0 Å². The van der Waals surface area contributed by atoms with Gasteiger partial charge in [-0.3, -0.25) is 19.1 Å². The Balaban J connectivity index is 1.73. The summed E-state index contributed by atoms with van der Waals surface area (Å²) in [6.45, 7) is 3.27. The van der Waals surface area contributed by atoms with Crippen LogP contribution in [0.25, 0.3) is 22.0 Å². The number of carbonyl (C=O) groups is 3. The Labute approximate surface area is 178 Å². The van der Waals surface area contributed by atoms with E-state index in [9.17, 15) is 19.5 Å². The van der Waals surface area contributed by atoms with Gasteiger partial charge in [0.05, 0.1) is 22.3 Å². The number of nitrogens with zero attached hydrogens (tertiary/aromatic N) is 2. The zero-order valence-electron chi connectivity index (χ0n) is 16.9. The fourth-order valence-electron chi connectivity index (χ4n) is 3.55. The van der Waals surface area contributed by atoms with Gasteiger partial charge in [0.2, 0.25) is 5.91 Å². The van der Waals surface area contributed by atoms with Crippen LogP contribution < -0.4 is 5.32 Å². The van der Waals surface area contributed by atoms with Gasteiger partial charge in [0, 0.05) is 30.4 Å². The molecule has 0 fully saturated rings. The highest BCUT2D eigenvalue weighted by atomic mass is 16.4. The fourth-order valence-corrected chi connectivity index (χ4v) is 3.55. The van der Waals surface area contributed by atoms with E-state index in [0.717, 1.165) is 11.3 Å². The minimum atomic E-state index is -1.16. The van der Waals surface area contributed by atoms with Gasteiger partial charge < -0.3 is 10.4 Å². The van der Waals surface area contributed by atoms with Crippen molar-refractivity contribution >= 4 is 34.4 Å². The van der Waals surface area contributed by atoms with Gasteiger partial charge in [0.15, 0.2) is 0 Å². The fraction of sp³-hybridized carbons (Fsp3) is 0.0833. The summed E-state index contributed by atoms with van der Waals surface area (Å²) in [7, 11) is 0. The molecule has 31 heavy (non-hydrogen) atoms. The quantitative estimate of drug-likeness (QED) is 0.508. The van der Waals surface area contributed by atoms with Crippen molar-refractivity contribution in [2.24, 2.45) is 0 Å². The molecule has 7 heteroatoms. The molecule has 154 valence electrons. The number of carboxylic acid groups (broad SMARTS) is 1. The molecule has 2 aromatic carbocycles. The first-order valence-corrected chi connectivity index (χ1v) is 9.58. The van der Waals surface area contributed by atoms with Crippen LogP contribution in [0.4, 0.5) is 5.69 Å². The lowest BCUT2D eigenvalue weighted by molar-refractivity contribution is 0.0697. The van der Waals surface area contributed by atoms with Gasteiger partial charge in [-0.2, -0.15) is 0 Å². The first-order valence-electron chi connectivity index (χ1n) is 9.58. The Morgan fingerprint density at radius 1 is 0.968 bits per heavy atom. The normalized spacial score (nSPS) is 10.8. The number of aryl methyl sites for hydroxylation is 1. The summed E-state index contributed by atoms with van der Waals surface area (Å²) in [4.78, 5) is 41.0. The van der Waals surface area contributed by atoms with Crippen LogP contribution in [0.15, 0.2) is 67.0 Å². The standard InChI is InChI=1S/C24H19N3O4/c1-14-11-17(9-10-25-14)16-7-8-21(19(12-16)24(30)31)26-23(29)20-13-27(15(2)28)22-6-4-3-5-18(20)22/h3-13H,1-2H3,(H,26,29)(H,30,31). The van der Waals surface area contributed by atoms with Gasteiger partial charge in [-0.25, -0.2) is 4.79 Å². The SMILES string of the molecule is CC(=O)n1cc(C(=O)Nc2ccc(-c3ccnc(C)c3)cc2C(=O)O)c2ccccc21. The molecule has 0 aliphatic heterocycles. The highest BCUT2D eigenvalue weighted by molar-refractivity contribution is 6.15. The van der Waals surface area contributed by atoms with Crippen molar-refractivity contribution in [3.63, 3.8) is 0 Å². The van der Waals surface area contributed by atoms with Crippen LogP contribution >= 0.6 is 0 Å². The topological polar surface area (TPSA) is 101 Å². The predicted molar refractivity (Wildman–Crippen MR) is 118 cm³/mol. The third-order valence-electron chi connectivity index (χ3n) is 5.02. The maximum absolute atomic E-state index is 13.0. The Morgan fingerprint density at radius 2 is 1.71 bits per heavy atom. The molecule has 0 saturated heterocycles. The number of rotatable bonds is 4. The zero-order valence-corrected chi connectivity index (χ0v) is 16.9. The second-order valence-electron chi connectivity index (χ2n) is 7.15. The van der Waals surface area contributed by atoms with Gasteiger partial charge in [-0.15, -0.1) is 0 Å². The molecule has 1 amide bonds. The molecular weight excluding hydrogens is 394 g/mol. The van der Waals surface area contributed by atoms with E-state index in [-0.39, 0.29) is 22.7 Å². The predicted octanol–water partition coefficient (Wildman–Crippen LogP) is 4.62. The largest absolute Gasteiger partial charge is 0.478 e. The highest BCUT2D eigenvalue weighted by Crippen LogP contribution is 2.27. The second-order valence-corrected chi connectivity index (χ2v) is 7.15. The number of aromatic carboxylic acids is 1. The summed E-state index contributed by atoms with van der Waals surface area (Å²) < 4.78 is 1.40. The summed E-state index contributed by atoms with van der Waals surface area (Å²) in [5.74, 6) is -1.88. The van der Waals surface area contributed by atoms with Crippen LogP contribution in [-0.2, 0) is 0 Å². The van der Waals surface area contributed by atoms with Crippen molar-refractivity contribution in [1.29, 1.82) is 0 Å². The second kappa shape index (κ2) is 7.87. The molecule has 0 atom stereocenters. The Kier molecular flexibility index (Phi) is 5.09. The van der Waals surface area contributed by atoms with Crippen molar-refractivity contribution < 1.29 is 19.5 Å². The van der Waals surface area contributed by atoms with Crippen LogP contribution in [0.1, 0.15) is 38.1 Å². The maximum atomic E-state index is 13.0. The monoisotopic (exact) mass is 413 g/mol. The molecule has 0 unspecified atom stereocenters. The number of para-hydroxylation sites is 1. The summed E-state index contributed by atoms with van der Waals surface area (Å²) in [5.41, 5.74) is 3.39. The number of hydrogen-bond donors (Lipinski definition) is 2. The van der Waals surface area contributed by atoms with Crippen molar-refractivity contribution in [2.75, 3.05) is 5.32 Å². The van der Waals surface area contributed by atoms with Crippen LogP contribution in [0.3, 0.4) is 0 Å².